The number of nitrogens with two attached hydrogens (primary N) is 1. The predicted molar refractivity (Wildman–Crippen MR) is 104 cm³/mol. The zero-order chi connectivity index (χ0) is 18.9. The summed E-state index contributed by atoms with van der Waals surface area (Å²) in [5.74, 6) is 0.653. The lowest BCUT2D eigenvalue weighted by atomic mass is 9.97. The number of amides is 3. The van der Waals surface area contributed by atoms with E-state index in [0.29, 0.717) is 25.2 Å². The summed E-state index contributed by atoms with van der Waals surface area (Å²) in [5, 5.41) is 5.40. The van der Waals surface area contributed by atoms with E-state index >= 15 is 0 Å². The van der Waals surface area contributed by atoms with Gasteiger partial charge in [0.25, 0.3) is 0 Å². The minimum absolute atomic E-state index is 0.00652. The summed E-state index contributed by atoms with van der Waals surface area (Å²) >= 11 is 1.68. The van der Waals surface area contributed by atoms with Crippen molar-refractivity contribution in [3.8, 4) is 0 Å². The molecule has 0 bridgehead atoms. The van der Waals surface area contributed by atoms with Crippen LogP contribution in [0.25, 0.3) is 0 Å². The number of anilines is 1. The number of carbonyl (C=O) groups is 2. The average molecular weight is 383 g/mol. The first-order valence-corrected chi connectivity index (χ1v) is 10.2. The first-order valence-electron chi connectivity index (χ1n) is 8.83. The number of thioether (sulfide) groups is 1. The van der Waals surface area contributed by atoms with Gasteiger partial charge in [-0.25, -0.2) is 9.18 Å². The van der Waals surface area contributed by atoms with Gasteiger partial charge in [-0.2, -0.15) is 11.8 Å². The molecule has 6 nitrogen and oxygen atoms in total. The van der Waals surface area contributed by atoms with Crippen LogP contribution in [0.4, 0.5) is 14.9 Å². The number of nitrogens with one attached hydrogen (secondary N) is 2. The molecule has 4 N–H and O–H groups in total. The largest absolute Gasteiger partial charge is 0.341 e. The van der Waals surface area contributed by atoms with E-state index < -0.39 is 11.9 Å². The molecule has 0 radical (unpaired) electrons. The van der Waals surface area contributed by atoms with Crippen molar-refractivity contribution in [3.05, 3.63) is 30.1 Å². The van der Waals surface area contributed by atoms with Gasteiger partial charge >= 0.3 is 6.03 Å². The van der Waals surface area contributed by atoms with E-state index in [1.165, 1.54) is 18.2 Å². The zero-order valence-electron chi connectivity index (χ0n) is 15.0. The third kappa shape index (κ3) is 6.49. The molecule has 26 heavy (non-hydrogen) atoms. The van der Waals surface area contributed by atoms with Gasteiger partial charge < -0.3 is 21.3 Å². The van der Waals surface area contributed by atoms with Crippen LogP contribution in [0.3, 0.4) is 0 Å². The number of likely N-dealkylation sites (tertiary alicyclic amines) is 1. The molecule has 1 aliphatic heterocycles. The van der Waals surface area contributed by atoms with Crippen LogP contribution in [0.1, 0.15) is 19.3 Å². The number of piperidine rings is 1. The molecule has 1 aliphatic rings. The highest BCUT2D eigenvalue weighted by Gasteiger charge is 2.27. The number of carbonyl (C=O) groups excluding carboxylic acids is 2. The van der Waals surface area contributed by atoms with Crippen LogP contribution in [0.15, 0.2) is 24.3 Å². The Hall–Kier alpha value is -1.80. The molecule has 0 aromatic heterocycles. The Morgan fingerprint density at radius 1 is 1.46 bits per heavy atom. The maximum Gasteiger partial charge on any atom is 0.319 e. The van der Waals surface area contributed by atoms with E-state index in [2.05, 4.69) is 10.6 Å². The lowest BCUT2D eigenvalue weighted by molar-refractivity contribution is -0.134. The molecule has 8 heteroatoms. The molecule has 0 saturated carbocycles. The van der Waals surface area contributed by atoms with Gasteiger partial charge in [0.05, 0.1) is 6.04 Å². The van der Waals surface area contributed by atoms with Crippen molar-refractivity contribution in [2.75, 3.05) is 37.0 Å². The van der Waals surface area contributed by atoms with E-state index in [1.807, 2.05) is 11.2 Å². The third-order valence-electron chi connectivity index (χ3n) is 4.41. The molecule has 1 saturated heterocycles. The highest BCUT2D eigenvalue weighted by Crippen LogP contribution is 2.17. The molecule has 1 aromatic carbocycles. The second kappa shape index (κ2) is 10.4. The van der Waals surface area contributed by atoms with Gasteiger partial charge in [-0.05, 0) is 55.4 Å². The van der Waals surface area contributed by atoms with Crippen LogP contribution in [0.5, 0.6) is 0 Å². The number of benzene rings is 1. The van der Waals surface area contributed by atoms with Crippen LogP contribution in [-0.2, 0) is 4.79 Å². The van der Waals surface area contributed by atoms with Crippen molar-refractivity contribution in [1.82, 2.24) is 10.2 Å². The summed E-state index contributed by atoms with van der Waals surface area (Å²) in [6.07, 6.45) is 4.52. The molecule has 2 atom stereocenters. The van der Waals surface area contributed by atoms with Crippen molar-refractivity contribution >= 4 is 29.4 Å². The van der Waals surface area contributed by atoms with Crippen LogP contribution >= 0.6 is 11.8 Å². The maximum atomic E-state index is 13.1. The molecule has 1 heterocycles. The van der Waals surface area contributed by atoms with Gasteiger partial charge in [0.2, 0.25) is 5.91 Å². The number of hydrogen-bond acceptors (Lipinski definition) is 4. The van der Waals surface area contributed by atoms with Crippen molar-refractivity contribution < 1.29 is 14.0 Å². The van der Waals surface area contributed by atoms with E-state index in [-0.39, 0.29) is 17.9 Å². The Kier molecular flexibility index (Phi) is 8.18. The second-order valence-electron chi connectivity index (χ2n) is 6.53. The van der Waals surface area contributed by atoms with E-state index in [4.69, 9.17) is 5.73 Å². The minimum Gasteiger partial charge on any atom is -0.341 e. The molecule has 0 spiro atoms. The summed E-state index contributed by atoms with van der Waals surface area (Å²) in [6.45, 7) is 1.79. The zero-order valence-corrected chi connectivity index (χ0v) is 15.9. The SMILES string of the molecule is CSCC[C@H](N)C(=O)N1CCCC(CNC(=O)Nc2cccc(F)c2)C1. The van der Waals surface area contributed by atoms with Gasteiger partial charge in [-0.3, -0.25) is 4.79 Å². The first-order chi connectivity index (χ1) is 12.5. The Balaban J connectivity index is 1.77. The Bertz CT molecular complexity index is 617. The van der Waals surface area contributed by atoms with Gasteiger partial charge in [0.1, 0.15) is 5.82 Å². The summed E-state index contributed by atoms with van der Waals surface area (Å²) in [5.41, 5.74) is 6.39. The molecular formula is C18H27FN4O2S. The number of urea groups is 1. The second-order valence-corrected chi connectivity index (χ2v) is 7.51. The topological polar surface area (TPSA) is 87.5 Å². The average Bonchev–Trinajstić information content (AvgIpc) is 2.64. The normalized spacial score (nSPS) is 18.3. The van der Waals surface area contributed by atoms with E-state index in [9.17, 15) is 14.0 Å². The van der Waals surface area contributed by atoms with Crippen LogP contribution in [-0.4, -0.2) is 54.5 Å². The lowest BCUT2D eigenvalue weighted by Crippen LogP contribution is -2.50. The van der Waals surface area contributed by atoms with Crippen molar-refractivity contribution in [2.24, 2.45) is 11.7 Å². The number of nitrogens with zero attached hydrogens (tertiary/aromatic N) is 1. The molecule has 2 rings (SSSR count). The smallest absolute Gasteiger partial charge is 0.319 e. The van der Waals surface area contributed by atoms with Gasteiger partial charge in [0.15, 0.2) is 0 Å². The van der Waals surface area contributed by atoms with Gasteiger partial charge in [-0.1, -0.05) is 6.07 Å². The van der Waals surface area contributed by atoms with Crippen LogP contribution in [0.2, 0.25) is 0 Å². The number of halogens is 1. The van der Waals surface area contributed by atoms with Crippen LogP contribution in [0, 0.1) is 11.7 Å². The summed E-state index contributed by atoms with van der Waals surface area (Å²) in [4.78, 5) is 26.2. The molecule has 1 fully saturated rings. The molecular weight excluding hydrogens is 355 g/mol. The summed E-state index contributed by atoms with van der Waals surface area (Å²) in [6, 6.07) is 4.91. The fraction of sp³-hybridized carbons (Fsp3) is 0.556. The fourth-order valence-electron chi connectivity index (χ4n) is 3.01. The predicted octanol–water partition coefficient (Wildman–Crippen LogP) is 2.27. The third-order valence-corrected chi connectivity index (χ3v) is 5.06. The quantitative estimate of drug-likeness (QED) is 0.675. The van der Waals surface area contributed by atoms with Crippen molar-refractivity contribution in [1.29, 1.82) is 0 Å². The van der Waals surface area contributed by atoms with Crippen molar-refractivity contribution in [2.45, 2.75) is 25.3 Å². The molecule has 1 unspecified atom stereocenters. The molecule has 3 amide bonds. The monoisotopic (exact) mass is 382 g/mol. The van der Waals surface area contributed by atoms with Gasteiger partial charge in [-0.15, -0.1) is 0 Å². The highest BCUT2D eigenvalue weighted by molar-refractivity contribution is 7.98. The minimum atomic E-state index is -0.453. The summed E-state index contributed by atoms with van der Waals surface area (Å²) < 4.78 is 13.1. The first kappa shape index (κ1) is 20.5. The fourth-order valence-corrected chi connectivity index (χ4v) is 3.50. The van der Waals surface area contributed by atoms with Crippen LogP contribution < -0.4 is 16.4 Å². The van der Waals surface area contributed by atoms with Crippen molar-refractivity contribution in [3.63, 3.8) is 0 Å². The number of hydrogen-bond donors (Lipinski definition) is 3. The Morgan fingerprint density at radius 2 is 2.27 bits per heavy atom. The Labute approximate surface area is 158 Å². The molecule has 1 aromatic rings. The standard InChI is InChI=1S/C18H27FN4O2S/c1-26-9-7-16(20)17(24)23-8-3-4-13(12-23)11-21-18(25)22-15-6-2-5-14(19)10-15/h2,5-6,10,13,16H,3-4,7-9,11-12,20H2,1H3,(H2,21,22,25)/t13?,16-/m0/s1. The van der Waals surface area contributed by atoms with E-state index in [0.717, 1.165) is 25.1 Å². The Morgan fingerprint density at radius 3 is 3.00 bits per heavy atom. The van der Waals surface area contributed by atoms with Gasteiger partial charge in [0, 0.05) is 25.3 Å². The highest BCUT2D eigenvalue weighted by atomic mass is 32.2. The summed E-state index contributed by atoms with van der Waals surface area (Å²) in [7, 11) is 0. The van der Waals surface area contributed by atoms with E-state index in [1.54, 1.807) is 17.8 Å². The maximum absolute atomic E-state index is 13.1. The number of rotatable bonds is 7. The molecule has 0 aliphatic carbocycles. The lowest BCUT2D eigenvalue weighted by Gasteiger charge is -2.34. The molecule has 144 valence electrons.